The van der Waals surface area contributed by atoms with E-state index in [-0.39, 0.29) is 18.6 Å². The smallest absolute Gasteiger partial charge is 0.408 e. The van der Waals surface area contributed by atoms with Gasteiger partial charge >= 0.3 is 12.1 Å². The Hall–Kier alpha value is -2.19. The molecule has 12 nitrogen and oxygen atoms in total. The maximum atomic E-state index is 16.8. The number of cyclic esters (lactones) is 1. The Kier molecular flexibility index (Phi) is 10.9. The van der Waals surface area contributed by atoms with Crippen molar-refractivity contribution in [3.8, 4) is 0 Å². The highest BCUT2D eigenvalue weighted by Crippen LogP contribution is 2.42. The molecule has 44 heavy (non-hydrogen) atoms. The molecule has 0 aromatic rings. The molecule has 0 aromatic carbocycles. The molecule has 0 radical (unpaired) electrons. The van der Waals surface area contributed by atoms with Crippen molar-refractivity contribution < 1.29 is 52.4 Å². The number of carbonyl (C=O) groups excluding carboxylic acids is 4. The lowest BCUT2D eigenvalue weighted by molar-refractivity contribution is -0.296. The van der Waals surface area contributed by atoms with Gasteiger partial charge in [-0.3, -0.25) is 14.4 Å². The van der Waals surface area contributed by atoms with Gasteiger partial charge in [0.1, 0.15) is 18.1 Å². The lowest BCUT2D eigenvalue weighted by Gasteiger charge is -2.47. The Morgan fingerprint density at radius 2 is 1.68 bits per heavy atom. The number of alkyl carbamates (subject to hydrolysis) is 1. The minimum absolute atomic E-state index is 0.188. The Balaban J connectivity index is 2.14. The van der Waals surface area contributed by atoms with Gasteiger partial charge in [0.25, 0.3) is 0 Å². The standard InChI is InChI=1S/C31H51FN2O10/c1-12-20-31(8)23(33-28(39)44-31)18(5)24(37)29(6,32)14-30(7,40-11)25(16(3)21(35)17(4)26(38)42-20)43-27-22(36)19(34(9)10)13-15(2)41-27/h15-20,22-23,25,27,36H,12-14H2,1-11H3,(H,33,39)/t15-,16+,17-,18-,19+,20-,22-,23-,25-,27+,29+,30-,31-/m1/s1. The van der Waals surface area contributed by atoms with Crippen LogP contribution in [0, 0.1) is 17.8 Å². The van der Waals surface area contributed by atoms with Crippen LogP contribution in [-0.2, 0) is 38.1 Å². The lowest BCUT2D eigenvalue weighted by atomic mass is 9.72. The molecule has 3 aliphatic heterocycles. The topological polar surface area (TPSA) is 150 Å². The fourth-order valence-electron chi connectivity index (χ4n) is 7.21. The van der Waals surface area contributed by atoms with Crippen molar-refractivity contribution in [1.29, 1.82) is 0 Å². The molecule has 1 amide bonds. The Morgan fingerprint density at radius 3 is 2.23 bits per heavy atom. The van der Waals surface area contributed by atoms with Gasteiger partial charge in [0.15, 0.2) is 29.1 Å². The van der Waals surface area contributed by atoms with Crippen molar-refractivity contribution >= 4 is 23.6 Å². The number of methoxy groups -OCH3 is 1. The van der Waals surface area contributed by atoms with Crippen molar-refractivity contribution in [2.75, 3.05) is 21.2 Å². The van der Waals surface area contributed by atoms with E-state index in [0.717, 1.165) is 6.92 Å². The van der Waals surface area contributed by atoms with Crippen molar-refractivity contribution in [1.82, 2.24) is 10.2 Å². The molecule has 3 fully saturated rings. The Labute approximate surface area is 259 Å². The second kappa shape index (κ2) is 13.3. The van der Waals surface area contributed by atoms with Gasteiger partial charge in [-0.2, -0.15) is 0 Å². The summed E-state index contributed by atoms with van der Waals surface area (Å²) in [7, 11) is 4.95. The minimum Gasteiger partial charge on any atom is -0.458 e. The van der Waals surface area contributed by atoms with Crippen LogP contribution in [0.15, 0.2) is 0 Å². The number of nitrogens with zero attached hydrogens (tertiary/aromatic N) is 1. The maximum absolute atomic E-state index is 16.8. The van der Waals surface area contributed by atoms with E-state index in [0.29, 0.717) is 6.42 Å². The van der Waals surface area contributed by atoms with Crippen LogP contribution in [0.3, 0.4) is 0 Å². The second-order valence-electron chi connectivity index (χ2n) is 13.6. The molecule has 0 saturated carbocycles. The van der Waals surface area contributed by atoms with Crippen LogP contribution in [0.2, 0.25) is 0 Å². The molecule has 3 aliphatic rings. The van der Waals surface area contributed by atoms with Crippen LogP contribution in [-0.4, -0.2) is 115 Å². The van der Waals surface area contributed by atoms with Crippen LogP contribution in [0.5, 0.6) is 0 Å². The molecule has 3 heterocycles. The quantitative estimate of drug-likeness (QED) is 0.341. The summed E-state index contributed by atoms with van der Waals surface area (Å²) in [5.41, 5.74) is -5.69. The molecule has 2 N–H and O–H groups in total. The third kappa shape index (κ3) is 6.81. The molecule has 0 aliphatic carbocycles. The fourth-order valence-corrected chi connectivity index (χ4v) is 7.21. The van der Waals surface area contributed by atoms with Crippen LogP contribution >= 0.6 is 0 Å². The molecular weight excluding hydrogens is 579 g/mol. The number of fused-ring (bicyclic) bond motifs is 1. The van der Waals surface area contributed by atoms with E-state index >= 15 is 4.39 Å². The number of aliphatic hydroxyl groups excluding tert-OH is 1. The molecule has 13 atom stereocenters. The predicted molar refractivity (Wildman–Crippen MR) is 156 cm³/mol. The van der Waals surface area contributed by atoms with Gasteiger partial charge in [0.05, 0.1) is 23.9 Å². The van der Waals surface area contributed by atoms with Crippen LogP contribution in [0.4, 0.5) is 9.18 Å². The first-order chi connectivity index (χ1) is 20.2. The summed E-state index contributed by atoms with van der Waals surface area (Å²) in [4.78, 5) is 55.5. The van der Waals surface area contributed by atoms with Gasteiger partial charge in [-0.1, -0.05) is 20.8 Å². The number of halogens is 1. The van der Waals surface area contributed by atoms with Gasteiger partial charge in [0, 0.05) is 31.4 Å². The number of rotatable bonds is 5. The number of likely N-dealkylation sites (N-methyl/N-ethyl adjacent to an activating group) is 1. The maximum Gasteiger partial charge on any atom is 0.408 e. The summed E-state index contributed by atoms with van der Waals surface area (Å²) >= 11 is 0. The molecule has 252 valence electrons. The molecule has 3 saturated heterocycles. The van der Waals surface area contributed by atoms with Gasteiger partial charge < -0.3 is 39.0 Å². The number of hydrogen-bond acceptors (Lipinski definition) is 11. The predicted octanol–water partition coefficient (Wildman–Crippen LogP) is 2.57. The summed E-state index contributed by atoms with van der Waals surface area (Å²) in [6.07, 6.45) is -5.66. The Bertz CT molecular complexity index is 1100. The van der Waals surface area contributed by atoms with E-state index in [1.165, 1.54) is 41.7 Å². The SMILES string of the molecule is CC[C@H]1OC(=O)[C@H](C)C(=O)[C@H](C)[C@@H](O[C@@H]2O[C@H](C)C[C@H](N(C)C)[C@H]2O)[C@](C)(OC)C[C@](C)(F)C(=O)[C@H](C)[C@H]2NC(=O)O[C@@]21C. The number of carbonyl (C=O) groups is 4. The summed E-state index contributed by atoms with van der Waals surface area (Å²) in [6.45, 7) is 12.1. The number of ketones is 2. The number of amides is 1. The van der Waals surface area contributed by atoms with Crippen LogP contribution < -0.4 is 5.32 Å². The van der Waals surface area contributed by atoms with Crippen molar-refractivity contribution in [3.05, 3.63) is 0 Å². The third-order valence-corrected chi connectivity index (χ3v) is 9.89. The monoisotopic (exact) mass is 630 g/mol. The molecule has 0 bridgehead atoms. The number of esters is 1. The minimum atomic E-state index is -2.54. The van der Waals surface area contributed by atoms with E-state index in [1.807, 2.05) is 25.9 Å². The number of Topliss-reactive ketones (excluding diaryl/α,β-unsaturated/α-hetero) is 2. The number of ether oxygens (including phenoxy) is 5. The molecular formula is C31H51FN2O10. The lowest BCUT2D eigenvalue weighted by Crippen LogP contribution is -2.61. The molecule has 0 spiro atoms. The van der Waals surface area contributed by atoms with E-state index in [1.54, 1.807) is 6.92 Å². The highest BCUT2D eigenvalue weighted by Gasteiger charge is 2.59. The summed E-state index contributed by atoms with van der Waals surface area (Å²) < 4.78 is 46.3. The number of hydrogen-bond donors (Lipinski definition) is 2. The zero-order valence-corrected chi connectivity index (χ0v) is 27.8. The Morgan fingerprint density at radius 1 is 1.07 bits per heavy atom. The largest absolute Gasteiger partial charge is 0.458 e. The zero-order chi connectivity index (χ0) is 33.5. The highest BCUT2D eigenvalue weighted by molar-refractivity contribution is 6.00. The number of aliphatic hydroxyl groups is 1. The first-order valence-electron chi connectivity index (χ1n) is 15.4. The van der Waals surface area contributed by atoms with Gasteiger partial charge in [-0.05, 0) is 61.6 Å². The molecule has 3 rings (SSSR count). The number of alkyl halides is 1. The van der Waals surface area contributed by atoms with E-state index in [2.05, 4.69) is 5.32 Å². The molecule has 0 unspecified atom stereocenters. The molecule has 0 aromatic heterocycles. The molecule has 13 heteroatoms. The van der Waals surface area contributed by atoms with Crippen molar-refractivity contribution in [2.24, 2.45) is 17.8 Å². The van der Waals surface area contributed by atoms with E-state index in [4.69, 9.17) is 23.7 Å². The van der Waals surface area contributed by atoms with Crippen LogP contribution in [0.25, 0.3) is 0 Å². The van der Waals surface area contributed by atoms with E-state index < -0.39 is 95.3 Å². The average molecular weight is 631 g/mol. The summed E-state index contributed by atoms with van der Waals surface area (Å²) in [5, 5.41) is 13.8. The van der Waals surface area contributed by atoms with E-state index in [9.17, 15) is 24.3 Å². The third-order valence-electron chi connectivity index (χ3n) is 9.89. The normalized spacial score (nSPS) is 46.1. The highest BCUT2D eigenvalue weighted by atomic mass is 19.1. The average Bonchev–Trinajstić information content (AvgIpc) is 3.27. The van der Waals surface area contributed by atoms with Crippen LogP contribution in [0.1, 0.15) is 74.7 Å². The first-order valence-corrected chi connectivity index (χ1v) is 15.4. The fraction of sp³-hybridized carbons (Fsp3) is 0.871. The van der Waals surface area contributed by atoms with Gasteiger partial charge in [0.2, 0.25) is 0 Å². The second-order valence-corrected chi connectivity index (χ2v) is 13.6. The van der Waals surface area contributed by atoms with Gasteiger partial charge in [-0.25, -0.2) is 9.18 Å². The van der Waals surface area contributed by atoms with Crippen molar-refractivity contribution in [3.63, 3.8) is 0 Å². The zero-order valence-electron chi connectivity index (χ0n) is 27.8. The van der Waals surface area contributed by atoms with Gasteiger partial charge in [-0.15, -0.1) is 0 Å². The first kappa shape index (κ1) is 36.3. The number of nitrogens with one attached hydrogen (secondary N) is 1. The summed E-state index contributed by atoms with van der Waals surface area (Å²) in [6, 6.07) is -1.38. The van der Waals surface area contributed by atoms with Crippen molar-refractivity contribution in [2.45, 2.75) is 134 Å². The summed E-state index contributed by atoms with van der Waals surface area (Å²) in [5.74, 6) is -5.78.